The molecule has 0 unspecified atom stereocenters. The van der Waals surface area contributed by atoms with Gasteiger partial charge in [-0.2, -0.15) is 0 Å². The highest BCUT2D eigenvalue weighted by Gasteiger charge is 2.17. The zero-order valence-corrected chi connectivity index (χ0v) is 15.3. The molecular weight excluding hydrogens is 318 g/mol. The minimum absolute atomic E-state index is 0.188. The second kappa shape index (κ2) is 7.89. The number of ether oxygens (including phenoxy) is 1. The molecule has 5 heteroatoms. The lowest BCUT2D eigenvalue weighted by Crippen LogP contribution is -2.20. The fourth-order valence-electron chi connectivity index (χ4n) is 2.35. The van der Waals surface area contributed by atoms with Gasteiger partial charge in [0.25, 0.3) is 5.91 Å². The van der Waals surface area contributed by atoms with Crippen LogP contribution in [0.25, 0.3) is 11.0 Å². The number of hydrogen-bond donors (Lipinski definition) is 0. The standard InChI is InChI=1S/C20H23NO4/c1-13(2)15-10-14(8-6-7-9-18(22)24-5)19-16(11-15)12-17(25-19)20(23)21(3)4/h10-13H,7,9H2,1-5H3. The Labute approximate surface area is 147 Å². The SMILES string of the molecule is COC(=O)CCC#Cc1cc(C(C)C)cc2cc(C(=O)N(C)C)oc12. The van der Waals surface area contributed by atoms with Crippen molar-refractivity contribution in [3.05, 3.63) is 35.1 Å². The molecule has 2 aromatic rings. The van der Waals surface area contributed by atoms with E-state index < -0.39 is 0 Å². The van der Waals surface area contributed by atoms with E-state index in [1.807, 2.05) is 12.1 Å². The number of carbonyl (C=O) groups excluding carboxylic acids is 2. The molecule has 0 aliphatic heterocycles. The lowest BCUT2D eigenvalue weighted by Gasteiger charge is -2.06. The number of benzene rings is 1. The van der Waals surface area contributed by atoms with Gasteiger partial charge >= 0.3 is 5.97 Å². The molecule has 0 atom stereocenters. The van der Waals surface area contributed by atoms with Crippen LogP contribution in [0.4, 0.5) is 0 Å². The average molecular weight is 341 g/mol. The van der Waals surface area contributed by atoms with Gasteiger partial charge in [0.15, 0.2) is 11.3 Å². The maximum atomic E-state index is 12.2. The predicted molar refractivity (Wildman–Crippen MR) is 96.4 cm³/mol. The molecular formula is C20H23NO4. The number of methoxy groups -OCH3 is 1. The van der Waals surface area contributed by atoms with E-state index in [4.69, 9.17) is 4.42 Å². The quantitative estimate of drug-likeness (QED) is 0.630. The summed E-state index contributed by atoms with van der Waals surface area (Å²) in [5.41, 5.74) is 2.44. The normalized spacial score (nSPS) is 10.5. The van der Waals surface area contributed by atoms with Crippen molar-refractivity contribution in [3.8, 4) is 11.8 Å². The zero-order chi connectivity index (χ0) is 18.6. The van der Waals surface area contributed by atoms with Gasteiger partial charge in [-0.05, 0) is 29.7 Å². The summed E-state index contributed by atoms with van der Waals surface area (Å²) in [6, 6.07) is 5.75. The Hall–Kier alpha value is -2.74. The van der Waals surface area contributed by atoms with Crippen LogP contribution in [-0.4, -0.2) is 38.0 Å². The largest absolute Gasteiger partial charge is 0.469 e. The Balaban J connectivity index is 2.44. The van der Waals surface area contributed by atoms with E-state index in [2.05, 4.69) is 30.4 Å². The van der Waals surface area contributed by atoms with E-state index in [1.165, 1.54) is 12.0 Å². The molecule has 1 aromatic heterocycles. The maximum Gasteiger partial charge on any atom is 0.306 e. The van der Waals surface area contributed by atoms with Gasteiger partial charge in [0.2, 0.25) is 0 Å². The van der Waals surface area contributed by atoms with Crippen molar-refractivity contribution in [2.24, 2.45) is 0 Å². The fourth-order valence-corrected chi connectivity index (χ4v) is 2.35. The van der Waals surface area contributed by atoms with Crippen LogP contribution in [0.1, 0.15) is 54.3 Å². The molecule has 0 saturated carbocycles. The molecule has 0 spiro atoms. The summed E-state index contributed by atoms with van der Waals surface area (Å²) in [5.74, 6) is 6.19. The number of amides is 1. The molecule has 0 aliphatic carbocycles. The third-order valence-electron chi connectivity index (χ3n) is 3.83. The third kappa shape index (κ3) is 4.42. The van der Waals surface area contributed by atoms with Gasteiger partial charge in [-0.15, -0.1) is 0 Å². The maximum absolute atomic E-state index is 12.2. The van der Waals surface area contributed by atoms with Crippen molar-refractivity contribution < 1.29 is 18.7 Å². The molecule has 0 saturated heterocycles. The van der Waals surface area contributed by atoms with Crippen molar-refractivity contribution in [3.63, 3.8) is 0 Å². The average Bonchev–Trinajstić information content (AvgIpc) is 3.01. The van der Waals surface area contributed by atoms with E-state index in [9.17, 15) is 9.59 Å². The molecule has 1 amide bonds. The summed E-state index contributed by atoms with van der Waals surface area (Å²) in [6.45, 7) is 4.20. The Kier molecular flexibility index (Phi) is 5.87. The molecule has 1 heterocycles. The number of rotatable bonds is 4. The van der Waals surface area contributed by atoms with Gasteiger partial charge in [-0.1, -0.05) is 25.7 Å². The third-order valence-corrected chi connectivity index (χ3v) is 3.83. The van der Waals surface area contributed by atoms with Crippen LogP contribution in [0, 0.1) is 11.8 Å². The zero-order valence-electron chi connectivity index (χ0n) is 15.3. The molecule has 2 rings (SSSR count). The Morgan fingerprint density at radius 2 is 1.96 bits per heavy atom. The molecule has 0 fully saturated rings. The summed E-state index contributed by atoms with van der Waals surface area (Å²) in [6.07, 6.45) is 0.656. The van der Waals surface area contributed by atoms with Crippen molar-refractivity contribution in [2.45, 2.75) is 32.6 Å². The molecule has 0 radical (unpaired) electrons. The van der Waals surface area contributed by atoms with Crippen LogP contribution in [-0.2, 0) is 9.53 Å². The topological polar surface area (TPSA) is 59.8 Å². The summed E-state index contributed by atoms with van der Waals surface area (Å²) < 4.78 is 10.4. The summed E-state index contributed by atoms with van der Waals surface area (Å²) in [7, 11) is 4.72. The number of carbonyl (C=O) groups is 2. The fraction of sp³-hybridized carbons (Fsp3) is 0.400. The monoisotopic (exact) mass is 341 g/mol. The first-order valence-corrected chi connectivity index (χ1v) is 8.18. The molecule has 0 N–H and O–H groups in total. The first-order chi connectivity index (χ1) is 11.8. The summed E-state index contributed by atoms with van der Waals surface area (Å²) in [5, 5.41) is 0.855. The number of hydrogen-bond acceptors (Lipinski definition) is 4. The Morgan fingerprint density at radius 1 is 1.24 bits per heavy atom. The smallest absolute Gasteiger partial charge is 0.306 e. The van der Waals surface area contributed by atoms with Gasteiger partial charge in [0, 0.05) is 25.9 Å². The van der Waals surface area contributed by atoms with Crippen molar-refractivity contribution >= 4 is 22.8 Å². The lowest BCUT2D eigenvalue weighted by molar-refractivity contribution is -0.140. The van der Waals surface area contributed by atoms with Crippen LogP contribution in [0.3, 0.4) is 0 Å². The van der Waals surface area contributed by atoms with Gasteiger partial charge in [0.05, 0.1) is 19.1 Å². The van der Waals surface area contributed by atoms with Crippen LogP contribution >= 0.6 is 0 Å². The van der Waals surface area contributed by atoms with E-state index in [1.54, 1.807) is 20.2 Å². The molecule has 5 nitrogen and oxygen atoms in total. The molecule has 1 aromatic carbocycles. The van der Waals surface area contributed by atoms with Crippen LogP contribution in [0.5, 0.6) is 0 Å². The van der Waals surface area contributed by atoms with Crippen molar-refractivity contribution in [1.29, 1.82) is 0 Å². The number of furan rings is 1. The van der Waals surface area contributed by atoms with E-state index in [0.29, 0.717) is 23.7 Å². The highest BCUT2D eigenvalue weighted by molar-refractivity contribution is 5.97. The van der Waals surface area contributed by atoms with Crippen LogP contribution < -0.4 is 0 Å². The minimum atomic E-state index is -0.285. The molecule has 25 heavy (non-hydrogen) atoms. The lowest BCUT2D eigenvalue weighted by atomic mass is 9.98. The van der Waals surface area contributed by atoms with Crippen LogP contribution in [0.2, 0.25) is 0 Å². The van der Waals surface area contributed by atoms with Gasteiger partial charge in [-0.25, -0.2) is 0 Å². The number of nitrogens with zero attached hydrogens (tertiary/aromatic N) is 1. The number of fused-ring (bicyclic) bond motifs is 1. The minimum Gasteiger partial charge on any atom is -0.469 e. The Morgan fingerprint density at radius 3 is 2.56 bits per heavy atom. The number of esters is 1. The van der Waals surface area contributed by atoms with Crippen LogP contribution in [0.15, 0.2) is 22.6 Å². The summed E-state index contributed by atoms with van der Waals surface area (Å²) >= 11 is 0. The Bertz CT molecular complexity index is 850. The van der Waals surface area contributed by atoms with Gasteiger partial charge in [-0.3, -0.25) is 9.59 Å². The highest BCUT2D eigenvalue weighted by atomic mass is 16.5. The van der Waals surface area contributed by atoms with Crippen molar-refractivity contribution in [2.75, 3.05) is 21.2 Å². The van der Waals surface area contributed by atoms with E-state index in [0.717, 1.165) is 16.5 Å². The first kappa shape index (κ1) is 18.6. The van der Waals surface area contributed by atoms with E-state index in [-0.39, 0.29) is 18.3 Å². The molecule has 132 valence electrons. The molecule has 0 aliphatic rings. The summed E-state index contributed by atoms with van der Waals surface area (Å²) in [4.78, 5) is 24.8. The van der Waals surface area contributed by atoms with Gasteiger partial charge < -0.3 is 14.1 Å². The molecule has 0 bridgehead atoms. The van der Waals surface area contributed by atoms with Gasteiger partial charge in [0.1, 0.15) is 0 Å². The van der Waals surface area contributed by atoms with Crippen molar-refractivity contribution in [1.82, 2.24) is 4.90 Å². The highest BCUT2D eigenvalue weighted by Crippen LogP contribution is 2.28. The first-order valence-electron chi connectivity index (χ1n) is 8.18. The predicted octanol–water partition coefficient (Wildman–Crippen LogP) is 3.56. The second-order valence-electron chi connectivity index (χ2n) is 6.33. The second-order valence-corrected chi connectivity index (χ2v) is 6.33. The van der Waals surface area contributed by atoms with E-state index >= 15 is 0 Å².